The Morgan fingerprint density at radius 2 is 2.25 bits per heavy atom. The number of nitrogens with zero attached hydrogens (tertiary/aromatic N) is 4. The van der Waals surface area contributed by atoms with Crippen molar-refractivity contribution in [2.24, 2.45) is 5.92 Å². The molecule has 128 valence electrons. The number of amides is 1. The third-order valence-corrected chi connectivity index (χ3v) is 4.32. The van der Waals surface area contributed by atoms with Gasteiger partial charge in [0.15, 0.2) is 0 Å². The Hall–Kier alpha value is -2.44. The number of aromatic nitrogens is 3. The van der Waals surface area contributed by atoms with Crippen LogP contribution in [0.1, 0.15) is 19.3 Å². The zero-order valence-electron chi connectivity index (χ0n) is 13.6. The van der Waals surface area contributed by atoms with Gasteiger partial charge in [0.05, 0.1) is 5.69 Å². The molecule has 0 unspecified atom stereocenters. The van der Waals surface area contributed by atoms with Crippen molar-refractivity contribution in [1.29, 1.82) is 0 Å². The van der Waals surface area contributed by atoms with Gasteiger partial charge in [-0.25, -0.2) is 9.37 Å². The molecule has 1 amide bonds. The van der Waals surface area contributed by atoms with E-state index in [0.717, 1.165) is 25.9 Å². The molecule has 7 heteroatoms. The molecule has 2 aromatic rings. The highest BCUT2D eigenvalue weighted by Gasteiger charge is 2.24. The van der Waals surface area contributed by atoms with Crippen molar-refractivity contribution in [1.82, 2.24) is 20.1 Å². The summed E-state index contributed by atoms with van der Waals surface area (Å²) in [7, 11) is 0. The van der Waals surface area contributed by atoms with E-state index >= 15 is 0 Å². The SMILES string of the molecule is O=C(CCCn1cncn1)NC[C@H]1CCN(c2ccccc2F)C1. The minimum atomic E-state index is -0.185. The quantitative estimate of drug-likeness (QED) is 0.841. The van der Waals surface area contributed by atoms with E-state index in [9.17, 15) is 9.18 Å². The first-order valence-corrected chi connectivity index (χ1v) is 8.31. The van der Waals surface area contributed by atoms with Crippen LogP contribution < -0.4 is 10.2 Å². The van der Waals surface area contributed by atoms with Gasteiger partial charge in [-0.3, -0.25) is 9.48 Å². The van der Waals surface area contributed by atoms with Crippen LogP contribution in [0, 0.1) is 11.7 Å². The fraction of sp³-hybridized carbons (Fsp3) is 0.471. The second-order valence-electron chi connectivity index (χ2n) is 6.12. The summed E-state index contributed by atoms with van der Waals surface area (Å²) in [5.74, 6) is 0.235. The highest BCUT2D eigenvalue weighted by Crippen LogP contribution is 2.25. The number of hydrogen-bond acceptors (Lipinski definition) is 4. The average molecular weight is 331 g/mol. The number of halogens is 1. The summed E-state index contributed by atoms with van der Waals surface area (Å²) in [6, 6.07) is 6.84. The van der Waals surface area contributed by atoms with Crippen LogP contribution in [0.15, 0.2) is 36.9 Å². The first-order chi connectivity index (χ1) is 11.7. The second-order valence-corrected chi connectivity index (χ2v) is 6.12. The molecule has 0 bridgehead atoms. The molecule has 2 heterocycles. The molecule has 1 atom stereocenters. The molecule has 0 saturated carbocycles. The number of hydrogen-bond donors (Lipinski definition) is 1. The maximum atomic E-state index is 13.8. The number of para-hydroxylation sites is 1. The van der Waals surface area contributed by atoms with Crippen molar-refractivity contribution >= 4 is 11.6 Å². The minimum absolute atomic E-state index is 0.0551. The van der Waals surface area contributed by atoms with Crippen LogP contribution in [0.2, 0.25) is 0 Å². The van der Waals surface area contributed by atoms with E-state index in [1.54, 1.807) is 23.1 Å². The van der Waals surface area contributed by atoms with Gasteiger partial charge in [-0.05, 0) is 30.9 Å². The van der Waals surface area contributed by atoms with E-state index in [1.807, 2.05) is 6.07 Å². The number of benzene rings is 1. The van der Waals surface area contributed by atoms with Crippen LogP contribution in [-0.4, -0.2) is 40.3 Å². The van der Waals surface area contributed by atoms with Gasteiger partial charge in [0.25, 0.3) is 0 Å². The van der Waals surface area contributed by atoms with Crippen molar-refractivity contribution in [3.63, 3.8) is 0 Å². The normalized spacial score (nSPS) is 17.2. The van der Waals surface area contributed by atoms with Crippen molar-refractivity contribution in [2.45, 2.75) is 25.8 Å². The zero-order chi connectivity index (χ0) is 16.8. The Morgan fingerprint density at radius 3 is 3.04 bits per heavy atom. The van der Waals surface area contributed by atoms with E-state index in [4.69, 9.17) is 0 Å². The fourth-order valence-electron chi connectivity index (χ4n) is 3.02. The second kappa shape index (κ2) is 7.90. The molecule has 0 aliphatic carbocycles. The molecule has 1 aliphatic heterocycles. The van der Waals surface area contributed by atoms with E-state index in [-0.39, 0.29) is 11.7 Å². The van der Waals surface area contributed by atoms with Crippen molar-refractivity contribution in [3.05, 3.63) is 42.7 Å². The van der Waals surface area contributed by atoms with Gasteiger partial charge < -0.3 is 10.2 Å². The lowest BCUT2D eigenvalue weighted by Gasteiger charge is -2.19. The molecule has 1 fully saturated rings. The molecule has 0 radical (unpaired) electrons. The number of rotatable bonds is 7. The number of anilines is 1. The van der Waals surface area contributed by atoms with E-state index < -0.39 is 0 Å². The van der Waals surface area contributed by atoms with Gasteiger partial charge >= 0.3 is 0 Å². The van der Waals surface area contributed by atoms with Gasteiger partial charge in [-0.1, -0.05) is 12.1 Å². The summed E-state index contributed by atoms with van der Waals surface area (Å²) in [4.78, 5) is 17.8. The van der Waals surface area contributed by atoms with Crippen LogP contribution in [0.4, 0.5) is 10.1 Å². The van der Waals surface area contributed by atoms with Crippen LogP contribution in [0.3, 0.4) is 0 Å². The van der Waals surface area contributed by atoms with E-state index in [0.29, 0.717) is 31.1 Å². The van der Waals surface area contributed by atoms with E-state index in [1.165, 1.54) is 12.4 Å². The zero-order valence-corrected chi connectivity index (χ0v) is 13.6. The van der Waals surface area contributed by atoms with Gasteiger partial charge in [-0.15, -0.1) is 0 Å². The van der Waals surface area contributed by atoms with Crippen LogP contribution in [0.25, 0.3) is 0 Å². The average Bonchev–Trinajstić information content (AvgIpc) is 3.25. The molecule has 0 spiro atoms. The Bertz CT molecular complexity index is 661. The Kier molecular flexibility index (Phi) is 5.40. The Morgan fingerprint density at radius 1 is 1.38 bits per heavy atom. The van der Waals surface area contributed by atoms with Crippen molar-refractivity contribution in [2.75, 3.05) is 24.5 Å². The molecule has 1 aromatic heterocycles. The van der Waals surface area contributed by atoms with Gasteiger partial charge in [0.2, 0.25) is 5.91 Å². The van der Waals surface area contributed by atoms with Crippen molar-refractivity contribution in [3.8, 4) is 0 Å². The standard InChI is InChI=1S/C17H22FN5O/c18-15-4-1-2-5-16(15)22-9-7-14(11-22)10-20-17(24)6-3-8-23-13-19-12-21-23/h1-2,4-5,12-14H,3,6-11H2,(H,20,24)/t14-/m1/s1. The highest BCUT2D eigenvalue weighted by molar-refractivity contribution is 5.75. The largest absolute Gasteiger partial charge is 0.369 e. The summed E-state index contributed by atoms with van der Waals surface area (Å²) < 4.78 is 15.5. The minimum Gasteiger partial charge on any atom is -0.369 e. The van der Waals surface area contributed by atoms with E-state index in [2.05, 4.69) is 20.3 Å². The summed E-state index contributed by atoms with van der Waals surface area (Å²) >= 11 is 0. The van der Waals surface area contributed by atoms with Crippen LogP contribution in [-0.2, 0) is 11.3 Å². The Labute approximate surface area is 140 Å². The van der Waals surface area contributed by atoms with Gasteiger partial charge in [0, 0.05) is 32.6 Å². The predicted molar refractivity (Wildman–Crippen MR) is 89.0 cm³/mol. The third-order valence-electron chi connectivity index (χ3n) is 4.32. The molecular weight excluding hydrogens is 309 g/mol. The molecular formula is C17H22FN5O. The lowest BCUT2D eigenvalue weighted by atomic mass is 10.1. The summed E-state index contributed by atoms with van der Waals surface area (Å²) in [6.45, 7) is 2.94. The summed E-state index contributed by atoms with van der Waals surface area (Å²) in [6.07, 6.45) is 5.31. The van der Waals surface area contributed by atoms with Crippen molar-refractivity contribution < 1.29 is 9.18 Å². The maximum absolute atomic E-state index is 13.8. The maximum Gasteiger partial charge on any atom is 0.220 e. The number of carbonyl (C=O) groups is 1. The molecule has 6 nitrogen and oxygen atoms in total. The summed E-state index contributed by atoms with van der Waals surface area (Å²) in [5, 5.41) is 6.99. The Balaban J connectivity index is 1.36. The van der Waals surface area contributed by atoms with Gasteiger partial charge in [0.1, 0.15) is 18.5 Å². The smallest absolute Gasteiger partial charge is 0.220 e. The lowest BCUT2D eigenvalue weighted by Crippen LogP contribution is -2.31. The molecule has 1 aliphatic rings. The van der Waals surface area contributed by atoms with Gasteiger partial charge in [-0.2, -0.15) is 5.10 Å². The molecule has 1 N–H and O–H groups in total. The molecule has 24 heavy (non-hydrogen) atoms. The highest BCUT2D eigenvalue weighted by atomic mass is 19.1. The fourth-order valence-corrected chi connectivity index (χ4v) is 3.02. The lowest BCUT2D eigenvalue weighted by molar-refractivity contribution is -0.121. The summed E-state index contributed by atoms with van der Waals surface area (Å²) in [5.41, 5.74) is 0.652. The topological polar surface area (TPSA) is 63.1 Å². The molecule has 3 rings (SSSR count). The first kappa shape index (κ1) is 16.4. The first-order valence-electron chi connectivity index (χ1n) is 8.31. The number of aryl methyl sites for hydroxylation is 1. The van der Waals surface area contributed by atoms with Crippen LogP contribution in [0.5, 0.6) is 0 Å². The monoisotopic (exact) mass is 331 g/mol. The third kappa shape index (κ3) is 4.31. The predicted octanol–water partition coefficient (Wildman–Crippen LogP) is 1.84. The number of nitrogens with one attached hydrogen (secondary N) is 1. The van der Waals surface area contributed by atoms with Crippen LogP contribution >= 0.6 is 0 Å². The number of carbonyl (C=O) groups excluding carboxylic acids is 1. The molecule has 1 saturated heterocycles. The molecule has 1 aromatic carbocycles.